The number of amides is 2. The zero-order valence-corrected chi connectivity index (χ0v) is 23.1. The lowest BCUT2D eigenvalue weighted by Gasteiger charge is -2.24. The number of carbonyl (C=O) groups excluding carboxylic acids is 2. The van der Waals surface area contributed by atoms with Crippen LogP contribution in [0, 0.1) is 5.82 Å². The van der Waals surface area contributed by atoms with Crippen LogP contribution in [0.4, 0.5) is 20.7 Å². The lowest BCUT2D eigenvalue weighted by Crippen LogP contribution is -2.35. The van der Waals surface area contributed by atoms with E-state index in [1.807, 2.05) is 0 Å². The second kappa shape index (κ2) is 11.9. The van der Waals surface area contributed by atoms with E-state index in [1.165, 1.54) is 23.1 Å². The largest absolute Gasteiger partial charge is 0.487 e. The van der Waals surface area contributed by atoms with Crippen molar-refractivity contribution in [2.75, 3.05) is 37.4 Å². The molecule has 0 saturated carbocycles. The number of anilines is 2. The molecule has 0 radical (unpaired) electrons. The number of ether oxygens (including phenoxy) is 2. The van der Waals surface area contributed by atoms with Crippen molar-refractivity contribution in [3.63, 3.8) is 0 Å². The van der Waals surface area contributed by atoms with Gasteiger partial charge in [-0.2, -0.15) is 0 Å². The van der Waals surface area contributed by atoms with E-state index in [0.29, 0.717) is 65.2 Å². The SMILES string of the molecule is CN(CCCC(=O)Nc1cncc(-c2cc(-c3cc(Cl)ccc3F)nc3c2OCCN3)c1)C(=O)OC(C)(C)C. The van der Waals surface area contributed by atoms with Gasteiger partial charge in [0.15, 0.2) is 11.6 Å². The molecule has 0 spiro atoms. The number of fused-ring (bicyclic) bond motifs is 1. The topological polar surface area (TPSA) is 106 Å². The molecule has 0 aliphatic carbocycles. The van der Waals surface area contributed by atoms with Gasteiger partial charge < -0.3 is 25.0 Å². The molecule has 9 nitrogen and oxygen atoms in total. The second-order valence-corrected chi connectivity index (χ2v) is 10.6. The average molecular weight is 556 g/mol. The summed E-state index contributed by atoms with van der Waals surface area (Å²) in [5.74, 6) is 0.327. The molecule has 206 valence electrons. The zero-order valence-electron chi connectivity index (χ0n) is 22.3. The minimum absolute atomic E-state index is 0.202. The van der Waals surface area contributed by atoms with Crippen LogP contribution in [0.2, 0.25) is 5.02 Å². The molecule has 2 aromatic heterocycles. The minimum Gasteiger partial charge on any atom is -0.487 e. The van der Waals surface area contributed by atoms with Gasteiger partial charge in [0.05, 0.1) is 24.1 Å². The molecule has 11 heteroatoms. The van der Waals surface area contributed by atoms with Crippen molar-refractivity contribution in [3.8, 4) is 28.1 Å². The summed E-state index contributed by atoms with van der Waals surface area (Å²) in [5.41, 5.74) is 1.84. The van der Waals surface area contributed by atoms with E-state index in [4.69, 9.17) is 21.1 Å². The van der Waals surface area contributed by atoms with Crippen LogP contribution in [0.15, 0.2) is 42.7 Å². The van der Waals surface area contributed by atoms with Crippen molar-refractivity contribution in [1.82, 2.24) is 14.9 Å². The van der Waals surface area contributed by atoms with Crippen molar-refractivity contribution in [3.05, 3.63) is 53.6 Å². The Bertz CT molecular complexity index is 1380. The van der Waals surface area contributed by atoms with E-state index in [9.17, 15) is 14.0 Å². The molecule has 39 heavy (non-hydrogen) atoms. The molecule has 1 aliphatic heterocycles. The molecule has 3 aromatic rings. The number of pyridine rings is 2. The number of hydrogen-bond acceptors (Lipinski definition) is 7. The first-order chi connectivity index (χ1) is 18.5. The monoisotopic (exact) mass is 555 g/mol. The quantitative estimate of drug-likeness (QED) is 0.368. The van der Waals surface area contributed by atoms with E-state index < -0.39 is 17.5 Å². The minimum atomic E-state index is -0.584. The smallest absolute Gasteiger partial charge is 0.410 e. The van der Waals surface area contributed by atoms with Crippen molar-refractivity contribution in [2.24, 2.45) is 0 Å². The van der Waals surface area contributed by atoms with E-state index in [-0.39, 0.29) is 17.9 Å². The molecule has 1 aromatic carbocycles. The van der Waals surface area contributed by atoms with Gasteiger partial charge in [-0.3, -0.25) is 9.78 Å². The third-order valence-electron chi connectivity index (χ3n) is 5.75. The Morgan fingerprint density at radius 2 is 2.00 bits per heavy atom. The van der Waals surface area contributed by atoms with Gasteiger partial charge in [0, 0.05) is 47.9 Å². The fourth-order valence-corrected chi connectivity index (χ4v) is 4.13. The molecule has 0 saturated heterocycles. The third-order valence-corrected chi connectivity index (χ3v) is 5.99. The van der Waals surface area contributed by atoms with Crippen molar-refractivity contribution >= 4 is 35.1 Å². The Morgan fingerprint density at radius 3 is 2.77 bits per heavy atom. The van der Waals surface area contributed by atoms with Crippen LogP contribution in [0.3, 0.4) is 0 Å². The maximum absolute atomic E-state index is 14.7. The first-order valence-electron chi connectivity index (χ1n) is 12.6. The Morgan fingerprint density at radius 1 is 1.21 bits per heavy atom. The number of carbonyl (C=O) groups is 2. The lowest BCUT2D eigenvalue weighted by atomic mass is 10.0. The van der Waals surface area contributed by atoms with E-state index in [2.05, 4.69) is 20.6 Å². The van der Waals surface area contributed by atoms with Crippen molar-refractivity contribution in [1.29, 1.82) is 0 Å². The Hall–Kier alpha value is -3.92. The molecule has 0 bridgehead atoms. The molecular weight excluding hydrogens is 525 g/mol. The number of nitrogens with one attached hydrogen (secondary N) is 2. The van der Waals surface area contributed by atoms with E-state index >= 15 is 0 Å². The molecule has 4 rings (SSSR count). The number of benzene rings is 1. The molecule has 1 aliphatic rings. The van der Waals surface area contributed by atoms with Gasteiger partial charge in [-0.15, -0.1) is 0 Å². The van der Waals surface area contributed by atoms with Gasteiger partial charge in [0.25, 0.3) is 0 Å². The molecule has 3 heterocycles. The maximum Gasteiger partial charge on any atom is 0.410 e. The molecule has 0 fully saturated rings. The fraction of sp³-hybridized carbons (Fsp3) is 0.357. The summed E-state index contributed by atoms with van der Waals surface area (Å²) >= 11 is 6.12. The fourth-order valence-electron chi connectivity index (χ4n) is 3.95. The highest BCUT2D eigenvalue weighted by molar-refractivity contribution is 6.30. The van der Waals surface area contributed by atoms with E-state index in [0.717, 1.165) is 0 Å². The van der Waals surface area contributed by atoms with E-state index in [1.54, 1.807) is 52.3 Å². The molecular formula is C28H31ClFN5O4. The Kier molecular flexibility index (Phi) is 8.54. The van der Waals surface area contributed by atoms with Crippen LogP contribution in [0.5, 0.6) is 5.75 Å². The number of halogens is 2. The molecule has 0 atom stereocenters. The zero-order chi connectivity index (χ0) is 28.2. The van der Waals surface area contributed by atoms with Crippen LogP contribution in [-0.2, 0) is 9.53 Å². The van der Waals surface area contributed by atoms with Crippen LogP contribution >= 0.6 is 11.6 Å². The summed E-state index contributed by atoms with van der Waals surface area (Å²) in [6.45, 7) is 6.77. The summed E-state index contributed by atoms with van der Waals surface area (Å²) in [7, 11) is 1.63. The van der Waals surface area contributed by atoms with Gasteiger partial charge in [-0.05, 0) is 57.5 Å². The predicted molar refractivity (Wildman–Crippen MR) is 149 cm³/mol. The standard InChI is InChI=1S/C28H31ClFN5O4/c1-28(2,3)39-27(37)35(4)10-5-6-24(36)33-19-12-17(15-31-16-19)20-14-23(21-13-18(29)7-8-22(21)30)34-26-25(20)38-11-9-32-26/h7-8,12-16H,5-6,9-11H2,1-4H3,(H,32,34)(H,33,36). The van der Waals surface area contributed by atoms with Crippen LogP contribution in [0.25, 0.3) is 22.4 Å². The van der Waals surface area contributed by atoms with Gasteiger partial charge in [0.1, 0.15) is 18.0 Å². The summed E-state index contributed by atoms with van der Waals surface area (Å²) in [6, 6.07) is 7.78. The predicted octanol–water partition coefficient (Wildman–Crippen LogP) is 5.99. The van der Waals surface area contributed by atoms with Gasteiger partial charge in [0.2, 0.25) is 5.91 Å². The Balaban J connectivity index is 1.50. The van der Waals surface area contributed by atoms with Crippen LogP contribution < -0.4 is 15.4 Å². The summed E-state index contributed by atoms with van der Waals surface area (Å²) < 4.78 is 25.9. The van der Waals surface area contributed by atoms with Gasteiger partial charge in [-0.25, -0.2) is 14.2 Å². The molecule has 2 N–H and O–H groups in total. The highest BCUT2D eigenvalue weighted by Gasteiger charge is 2.22. The number of nitrogens with zero attached hydrogens (tertiary/aromatic N) is 3. The normalized spacial score (nSPS) is 12.6. The second-order valence-electron chi connectivity index (χ2n) is 10.1. The number of hydrogen-bond donors (Lipinski definition) is 2. The number of aromatic nitrogens is 2. The number of rotatable bonds is 7. The summed E-state index contributed by atoms with van der Waals surface area (Å²) in [5, 5.41) is 6.44. The first kappa shape index (κ1) is 28.1. The first-order valence-corrected chi connectivity index (χ1v) is 12.9. The third kappa shape index (κ3) is 7.35. The Labute approximate surface area is 231 Å². The van der Waals surface area contributed by atoms with Gasteiger partial charge in [-0.1, -0.05) is 11.6 Å². The highest BCUT2D eigenvalue weighted by Crippen LogP contribution is 2.41. The summed E-state index contributed by atoms with van der Waals surface area (Å²) in [4.78, 5) is 35.0. The van der Waals surface area contributed by atoms with Gasteiger partial charge >= 0.3 is 6.09 Å². The lowest BCUT2D eigenvalue weighted by molar-refractivity contribution is -0.116. The molecule has 0 unspecified atom stereocenters. The van der Waals surface area contributed by atoms with Crippen LogP contribution in [0.1, 0.15) is 33.6 Å². The highest BCUT2D eigenvalue weighted by atomic mass is 35.5. The average Bonchev–Trinajstić information content (AvgIpc) is 2.88. The molecule has 2 amide bonds. The van der Waals surface area contributed by atoms with Crippen LogP contribution in [-0.4, -0.2) is 59.2 Å². The van der Waals surface area contributed by atoms with Crippen molar-refractivity contribution < 1.29 is 23.5 Å². The van der Waals surface area contributed by atoms with Crippen molar-refractivity contribution in [2.45, 2.75) is 39.2 Å². The summed E-state index contributed by atoms with van der Waals surface area (Å²) in [6.07, 6.45) is 3.40. The maximum atomic E-state index is 14.7.